The van der Waals surface area contributed by atoms with Gasteiger partial charge in [0.15, 0.2) is 0 Å². The lowest BCUT2D eigenvalue weighted by molar-refractivity contribution is -0.121. The van der Waals surface area contributed by atoms with E-state index >= 15 is 0 Å². The van der Waals surface area contributed by atoms with E-state index in [0.29, 0.717) is 5.69 Å². The summed E-state index contributed by atoms with van der Waals surface area (Å²) >= 11 is 0. The molecule has 2 aromatic rings. The number of anilines is 1. The molecule has 1 N–H and O–H groups in total. The van der Waals surface area contributed by atoms with E-state index in [-0.39, 0.29) is 22.8 Å². The number of fused-ring (bicyclic) bond motifs is 1. The van der Waals surface area contributed by atoms with Crippen LogP contribution < -0.4 is 10.1 Å². The Morgan fingerprint density at radius 1 is 0.964 bits per heavy atom. The molecule has 1 unspecified atom stereocenters. The molecule has 8 heteroatoms. The number of imide groups is 1. The van der Waals surface area contributed by atoms with E-state index in [2.05, 4.69) is 10.1 Å². The van der Waals surface area contributed by atoms with Gasteiger partial charge in [0, 0.05) is 5.69 Å². The normalized spacial score (nSPS) is 14.4. The fraction of sp³-hybridized carbons (Fsp3) is 0.250. The van der Waals surface area contributed by atoms with Gasteiger partial charge in [-0.15, -0.1) is 0 Å². The Balaban J connectivity index is 1.80. The summed E-state index contributed by atoms with van der Waals surface area (Å²) in [4.78, 5) is 39.2. The Bertz CT molecular complexity index is 878. The molecule has 0 aliphatic carbocycles. The van der Waals surface area contributed by atoms with Crippen molar-refractivity contribution in [2.75, 3.05) is 5.32 Å². The smallest absolute Gasteiger partial charge is 0.387 e. The largest absolute Gasteiger partial charge is 0.435 e. The van der Waals surface area contributed by atoms with Gasteiger partial charge in [0.2, 0.25) is 5.91 Å². The van der Waals surface area contributed by atoms with Crippen LogP contribution in [0.15, 0.2) is 48.5 Å². The SMILES string of the molecule is CC(C)C(C(=O)Nc1ccc(OC(F)F)cc1)N1C(=O)c2ccccc2C1=O. The van der Waals surface area contributed by atoms with Crippen molar-refractivity contribution in [1.82, 2.24) is 4.90 Å². The van der Waals surface area contributed by atoms with Crippen molar-refractivity contribution in [1.29, 1.82) is 0 Å². The molecule has 2 aromatic carbocycles. The molecule has 1 aliphatic rings. The maximum atomic E-state index is 12.8. The predicted octanol–water partition coefficient (Wildman–Crippen LogP) is 3.55. The number of nitrogens with one attached hydrogen (secondary N) is 1. The van der Waals surface area contributed by atoms with Gasteiger partial charge in [0.05, 0.1) is 11.1 Å². The van der Waals surface area contributed by atoms with Gasteiger partial charge in [-0.1, -0.05) is 26.0 Å². The number of rotatable bonds is 6. The zero-order valence-corrected chi connectivity index (χ0v) is 15.2. The van der Waals surface area contributed by atoms with E-state index in [0.717, 1.165) is 4.90 Å². The molecule has 0 bridgehead atoms. The molecule has 28 heavy (non-hydrogen) atoms. The van der Waals surface area contributed by atoms with Crippen LogP contribution in [0, 0.1) is 5.92 Å². The van der Waals surface area contributed by atoms with Gasteiger partial charge in [0.1, 0.15) is 11.8 Å². The topological polar surface area (TPSA) is 75.7 Å². The molecule has 146 valence electrons. The van der Waals surface area contributed by atoms with Gasteiger partial charge < -0.3 is 10.1 Å². The van der Waals surface area contributed by atoms with Crippen LogP contribution in [0.3, 0.4) is 0 Å². The highest BCUT2D eigenvalue weighted by Gasteiger charge is 2.43. The second-order valence-corrected chi connectivity index (χ2v) is 6.61. The first-order valence-corrected chi connectivity index (χ1v) is 8.62. The summed E-state index contributed by atoms with van der Waals surface area (Å²) in [6, 6.07) is 10.7. The first-order chi connectivity index (χ1) is 13.3. The lowest BCUT2D eigenvalue weighted by Gasteiger charge is -2.28. The maximum absolute atomic E-state index is 12.8. The number of carbonyl (C=O) groups is 3. The number of ether oxygens (including phenoxy) is 1. The van der Waals surface area contributed by atoms with Gasteiger partial charge in [-0.05, 0) is 42.3 Å². The molecule has 1 atom stereocenters. The highest BCUT2D eigenvalue weighted by molar-refractivity contribution is 6.23. The average Bonchev–Trinajstić information content (AvgIpc) is 2.88. The van der Waals surface area contributed by atoms with E-state index in [1.165, 1.54) is 24.3 Å². The Labute approximate surface area is 160 Å². The molecule has 0 saturated carbocycles. The van der Waals surface area contributed by atoms with Crippen molar-refractivity contribution in [2.24, 2.45) is 5.92 Å². The summed E-state index contributed by atoms with van der Waals surface area (Å²) in [6.07, 6.45) is 0. The van der Waals surface area contributed by atoms with Crippen molar-refractivity contribution in [3.63, 3.8) is 0 Å². The van der Waals surface area contributed by atoms with Gasteiger partial charge in [-0.25, -0.2) is 0 Å². The second kappa shape index (κ2) is 7.75. The monoisotopic (exact) mass is 388 g/mol. The molecular formula is C20H18F2N2O4. The third-order valence-electron chi connectivity index (χ3n) is 4.35. The highest BCUT2D eigenvalue weighted by Crippen LogP contribution is 2.28. The number of benzene rings is 2. The number of carbonyl (C=O) groups excluding carboxylic acids is 3. The fourth-order valence-corrected chi connectivity index (χ4v) is 3.11. The summed E-state index contributed by atoms with van der Waals surface area (Å²) in [6.45, 7) is 0.514. The maximum Gasteiger partial charge on any atom is 0.387 e. The molecule has 0 fully saturated rings. The summed E-state index contributed by atoms with van der Waals surface area (Å²) in [5.74, 6) is -1.98. The first-order valence-electron chi connectivity index (χ1n) is 8.62. The van der Waals surface area contributed by atoms with Crippen molar-refractivity contribution in [3.05, 3.63) is 59.7 Å². The Hall–Kier alpha value is -3.29. The summed E-state index contributed by atoms with van der Waals surface area (Å²) in [5, 5.41) is 2.62. The predicted molar refractivity (Wildman–Crippen MR) is 97.3 cm³/mol. The number of amides is 3. The van der Waals surface area contributed by atoms with E-state index < -0.39 is 30.4 Å². The van der Waals surface area contributed by atoms with Crippen LogP contribution in [-0.2, 0) is 4.79 Å². The van der Waals surface area contributed by atoms with Crippen LogP contribution in [0.25, 0.3) is 0 Å². The number of alkyl halides is 2. The molecule has 0 saturated heterocycles. The van der Waals surface area contributed by atoms with E-state index in [1.54, 1.807) is 38.1 Å². The third-order valence-corrected chi connectivity index (χ3v) is 4.35. The number of hydrogen-bond donors (Lipinski definition) is 1. The third kappa shape index (κ3) is 3.71. The van der Waals surface area contributed by atoms with Crippen LogP contribution in [0.2, 0.25) is 0 Å². The molecule has 1 aliphatic heterocycles. The van der Waals surface area contributed by atoms with Crippen LogP contribution in [0.1, 0.15) is 34.6 Å². The zero-order valence-electron chi connectivity index (χ0n) is 15.2. The summed E-state index contributed by atoms with van der Waals surface area (Å²) < 4.78 is 28.7. The minimum atomic E-state index is -2.94. The molecule has 3 rings (SSSR count). The van der Waals surface area contributed by atoms with Gasteiger partial charge in [-0.3, -0.25) is 19.3 Å². The highest BCUT2D eigenvalue weighted by atomic mass is 19.3. The summed E-state index contributed by atoms with van der Waals surface area (Å²) in [7, 11) is 0. The van der Waals surface area contributed by atoms with E-state index in [4.69, 9.17) is 0 Å². The number of halogens is 2. The van der Waals surface area contributed by atoms with Gasteiger partial charge in [-0.2, -0.15) is 8.78 Å². The van der Waals surface area contributed by atoms with Crippen LogP contribution in [0.5, 0.6) is 5.75 Å². The average molecular weight is 388 g/mol. The van der Waals surface area contributed by atoms with Crippen molar-refractivity contribution in [2.45, 2.75) is 26.5 Å². The molecule has 3 amide bonds. The Kier molecular flexibility index (Phi) is 5.39. The molecule has 1 heterocycles. The number of hydrogen-bond acceptors (Lipinski definition) is 4. The molecular weight excluding hydrogens is 370 g/mol. The molecule has 0 aromatic heterocycles. The first kappa shape index (κ1) is 19.5. The number of nitrogens with zero attached hydrogens (tertiary/aromatic N) is 1. The molecule has 0 spiro atoms. The minimum Gasteiger partial charge on any atom is -0.435 e. The van der Waals surface area contributed by atoms with Crippen LogP contribution in [-0.4, -0.2) is 35.3 Å². The standard InChI is InChI=1S/C20H18F2N2O4/c1-11(2)16(24-18(26)14-5-3-4-6-15(14)19(24)27)17(25)23-12-7-9-13(10-8-12)28-20(21)22/h3-11,16,20H,1-2H3,(H,23,25). The van der Waals surface area contributed by atoms with Crippen molar-refractivity contribution < 1.29 is 27.9 Å². The van der Waals surface area contributed by atoms with E-state index in [9.17, 15) is 23.2 Å². The van der Waals surface area contributed by atoms with Gasteiger partial charge in [0.25, 0.3) is 11.8 Å². The Morgan fingerprint density at radius 2 is 1.50 bits per heavy atom. The second-order valence-electron chi connectivity index (χ2n) is 6.61. The molecule has 6 nitrogen and oxygen atoms in total. The minimum absolute atomic E-state index is 0.0474. The van der Waals surface area contributed by atoms with Crippen molar-refractivity contribution >= 4 is 23.4 Å². The van der Waals surface area contributed by atoms with Crippen LogP contribution >= 0.6 is 0 Å². The fourth-order valence-electron chi connectivity index (χ4n) is 3.11. The lowest BCUT2D eigenvalue weighted by atomic mass is 10.0. The van der Waals surface area contributed by atoms with Crippen LogP contribution in [0.4, 0.5) is 14.5 Å². The summed E-state index contributed by atoms with van der Waals surface area (Å²) in [5.41, 5.74) is 0.854. The zero-order chi connectivity index (χ0) is 20.4. The lowest BCUT2D eigenvalue weighted by Crippen LogP contribution is -2.50. The molecule has 0 radical (unpaired) electrons. The quantitative estimate of drug-likeness (QED) is 0.768. The van der Waals surface area contributed by atoms with Crippen molar-refractivity contribution in [3.8, 4) is 5.75 Å². The Morgan fingerprint density at radius 3 is 1.96 bits per heavy atom. The van der Waals surface area contributed by atoms with E-state index in [1.807, 2.05) is 0 Å². The van der Waals surface area contributed by atoms with Gasteiger partial charge >= 0.3 is 6.61 Å².